The van der Waals surface area contributed by atoms with Crippen molar-refractivity contribution in [2.75, 3.05) is 0 Å². The van der Waals surface area contributed by atoms with Crippen LogP contribution in [0.15, 0.2) is 91.0 Å². The molecule has 382 valence electrons. The van der Waals surface area contributed by atoms with Gasteiger partial charge in [-0.15, -0.1) is 0 Å². The second-order valence-corrected chi connectivity index (χ2v) is 22.8. The maximum absolute atomic E-state index is 10.7. The van der Waals surface area contributed by atoms with Gasteiger partial charge in [-0.2, -0.15) is 0 Å². The second-order valence-electron chi connectivity index (χ2n) is 22.8. The number of benzene rings is 4. The van der Waals surface area contributed by atoms with E-state index >= 15 is 0 Å². The van der Waals surface area contributed by atoms with Crippen molar-refractivity contribution < 1.29 is 28.8 Å². The van der Waals surface area contributed by atoms with Crippen LogP contribution in [-0.4, -0.2) is 58.1 Å². The van der Waals surface area contributed by atoms with Crippen LogP contribution < -0.4 is 10.9 Å². The average Bonchev–Trinajstić information content (AvgIpc) is 3.71. The van der Waals surface area contributed by atoms with Gasteiger partial charge in [-0.3, -0.25) is 0 Å². The van der Waals surface area contributed by atoms with Crippen LogP contribution in [-0.2, 0) is 35.9 Å². The molecule has 0 saturated carbocycles. The van der Waals surface area contributed by atoms with Crippen LogP contribution in [0.3, 0.4) is 0 Å². The van der Waals surface area contributed by atoms with Gasteiger partial charge in [0.2, 0.25) is 0 Å². The van der Waals surface area contributed by atoms with E-state index in [0.717, 1.165) is 67.9 Å². The fourth-order valence-corrected chi connectivity index (χ4v) is 10.5. The number of aliphatic hydroxyl groups is 2. The van der Waals surface area contributed by atoms with Crippen molar-refractivity contribution in [1.29, 1.82) is 0 Å². The Morgan fingerprint density at radius 1 is 0.457 bits per heavy atom. The zero-order valence-electron chi connectivity index (χ0n) is 47.0. The third kappa shape index (κ3) is 11.8. The lowest BCUT2D eigenvalue weighted by atomic mass is 9.68. The summed E-state index contributed by atoms with van der Waals surface area (Å²) in [5, 5.41) is 21.4. The van der Waals surface area contributed by atoms with Crippen LogP contribution in [0.5, 0.6) is 0 Å². The highest BCUT2D eigenvalue weighted by Gasteiger charge is 2.53. The first-order valence-electron chi connectivity index (χ1n) is 27.0. The SMILES string of the molecule is CCC(O)(/C=C/c1ccc(C(CC)(CC)c2ccc(B3OC(C)(C)C(C)(C)O3)cc2)cc1C)CC.CCC(O)(CC)CCc1ccc(C(CC)(CC)c2ccc(B3OC(C)(C)C(C)(C)O3)cc2)cc1C. The highest BCUT2D eigenvalue weighted by molar-refractivity contribution is 6.62. The molecular weight excluding hydrogens is 862 g/mol. The molecule has 0 radical (unpaired) electrons. The van der Waals surface area contributed by atoms with Gasteiger partial charge in [0.05, 0.1) is 33.6 Å². The minimum absolute atomic E-state index is 0.0364. The third-order valence-electron chi connectivity index (χ3n) is 18.1. The van der Waals surface area contributed by atoms with Crippen LogP contribution in [0.1, 0.15) is 213 Å². The first-order valence-corrected chi connectivity index (χ1v) is 27.0. The van der Waals surface area contributed by atoms with Gasteiger partial charge in [0.15, 0.2) is 0 Å². The van der Waals surface area contributed by atoms with Crippen LogP contribution in [0, 0.1) is 13.8 Å². The smallest absolute Gasteiger partial charge is 0.399 e. The van der Waals surface area contributed by atoms with Gasteiger partial charge in [-0.05, 0) is 189 Å². The minimum Gasteiger partial charge on any atom is -0.399 e. The lowest BCUT2D eigenvalue weighted by Crippen LogP contribution is -2.41. The maximum Gasteiger partial charge on any atom is 0.494 e. The molecule has 0 atom stereocenters. The molecule has 0 aliphatic carbocycles. The van der Waals surface area contributed by atoms with Gasteiger partial charge < -0.3 is 28.8 Å². The molecule has 6 rings (SSSR count). The van der Waals surface area contributed by atoms with Gasteiger partial charge in [0.1, 0.15) is 0 Å². The van der Waals surface area contributed by atoms with Crippen LogP contribution in [0.4, 0.5) is 0 Å². The fourth-order valence-electron chi connectivity index (χ4n) is 10.5. The highest BCUT2D eigenvalue weighted by atomic mass is 16.7. The normalized spacial score (nSPS) is 17.8. The Labute approximate surface area is 427 Å². The predicted molar refractivity (Wildman–Crippen MR) is 298 cm³/mol. The van der Waals surface area contributed by atoms with Crippen molar-refractivity contribution >= 4 is 31.2 Å². The Kier molecular flexibility index (Phi) is 18.3. The van der Waals surface area contributed by atoms with E-state index in [1.54, 1.807) is 0 Å². The summed E-state index contributed by atoms with van der Waals surface area (Å²) in [7, 11) is -0.678. The Morgan fingerprint density at radius 2 is 0.814 bits per heavy atom. The summed E-state index contributed by atoms with van der Waals surface area (Å²) >= 11 is 0. The van der Waals surface area contributed by atoms with E-state index in [2.05, 4.69) is 202 Å². The fraction of sp³-hybridized carbons (Fsp3) is 0.581. The van der Waals surface area contributed by atoms with Crippen molar-refractivity contribution in [1.82, 2.24) is 0 Å². The Balaban J connectivity index is 0.000000261. The number of aryl methyl sites for hydroxylation is 3. The number of rotatable bonds is 19. The largest absolute Gasteiger partial charge is 0.494 e. The standard InChI is InChI=1S/C31H47BO3.C31H45BO3/c2*1-10-30(33,11-2)21-20-24-14-15-26(22-23(24)5)31(12-3,13-4)25-16-18-27(19-17-25)32-34-28(6,7)29(8,9)35-32/h14-19,22,33H,10-13,20-21H2,1-9H3;14-22,33H,10-13H2,1-9H3/b;21-20+. The molecule has 2 N–H and O–H groups in total. The highest BCUT2D eigenvalue weighted by Crippen LogP contribution is 2.43. The number of hydrogen-bond acceptors (Lipinski definition) is 6. The molecular formula is C62H92B2O6. The monoisotopic (exact) mass is 955 g/mol. The molecule has 6 nitrogen and oxygen atoms in total. The van der Waals surface area contributed by atoms with Gasteiger partial charge >= 0.3 is 14.2 Å². The first kappa shape index (κ1) is 57.4. The van der Waals surface area contributed by atoms with Crippen molar-refractivity contribution in [3.8, 4) is 0 Å². The molecule has 2 aliphatic heterocycles. The van der Waals surface area contributed by atoms with Crippen LogP contribution >= 0.6 is 0 Å². The van der Waals surface area contributed by atoms with E-state index in [1.165, 1.54) is 38.9 Å². The predicted octanol–water partition coefficient (Wildman–Crippen LogP) is 13.8. The van der Waals surface area contributed by atoms with E-state index in [4.69, 9.17) is 18.6 Å². The van der Waals surface area contributed by atoms with Crippen molar-refractivity contribution in [3.05, 3.63) is 136 Å². The Morgan fingerprint density at radius 3 is 1.14 bits per heavy atom. The molecule has 4 aromatic rings. The zero-order chi connectivity index (χ0) is 52.1. The molecule has 0 bridgehead atoms. The molecule has 8 heteroatoms. The molecule has 70 heavy (non-hydrogen) atoms. The van der Waals surface area contributed by atoms with E-state index in [1.807, 2.05) is 19.9 Å². The average molecular weight is 955 g/mol. The number of hydrogen-bond donors (Lipinski definition) is 2. The Hall–Kier alpha value is -3.49. The molecule has 2 aliphatic rings. The topological polar surface area (TPSA) is 77.4 Å². The summed E-state index contributed by atoms with van der Waals surface area (Å²) in [4.78, 5) is 0. The van der Waals surface area contributed by atoms with E-state index in [-0.39, 0.29) is 47.5 Å². The van der Waals surface area contributed by atoms with Gasteiger partial charge in [0.25, 0.3) is 0 Å². The van der Waals surface area contributed by atoms with Crippen LogP contribution in [0.2, 0.25) is 0 Å². The Bertz CT molecular complexity index is 2310. The molecule has 2 heterocycles. The molecule has 2 fully saturated rings. The van der Waals surface area contributed by atoms with Crippen molar-refractivity contribution in [3.63, 3.8) is 0 Å². The molecule has 0 amide bonds. The van der Waals surface area contributed by atoms with E-state index in [9.17, 15) is 10.2 Å². The van der Waals surface area contributed by atoms with Crippen molar-refractivity contribution in [2.45, 2.75) is 233 Å². The van der Waals surface area contributed by atoms with Crippen molar-refractivity contribution in [2.24, 2.45) is 0 Å². The lowest BCUT2D eigenvalue weighted by Gasteiger charge is -2.34. The summed E-state index contributed by atoms with van der Waals surface area (Å²) < 4.78 is 25.0. The van der Waals surface area contributed by atoms with Crippen LogP contribution in [0.25, 0.3) is 6.08 Å². The van der Waals surface area contributed by atoms with Gasteiger partial charge in [0, 0.05) is 10.8 Å². The van der Waals surface area contributed by atoms with Gasteiger partial charge in [-0.25, -0.2) is 0 Å². The summed E-state index contributed by atoms with van der Waals surface area (Å²) in [5.41, 5.74) is 9.78. The quantitative estimate of drug-likeness (QED) is 0.0912. The maximum atomic E-state index is 10.7. The molecule has 0 spiro atoms. The first-order chi connectivity index (χ1) is 32.7. The summed E-state index contributed by atoms with van der Waals surface area (Å²) in [5.74, 6) is 0. The van der Waals surface area contributed by atoms with E-state index in [0.29, 0.717) is 12.8 Å². The van der Waals surface area contributed by atoms with Gasteiger partial charge in [-0.1, -0.05) is 152 Å². The second kappa shape index (κ2) is 22.3. The summed E-state index contributed by atoms with van der Waals surface area (Å²) in [6.07, 6.45) is 12.9. The summed E-state index contributed by atoms with van der Waals surface area (Å²) in [6.45, 7) is 38.5. The zero-order valence-corrected chi connectivity index (χ0v) is 47.0. The molecule has 4 aromatic carbocycles. The summed E-state index contributed by atoms with van der Waals surface area (Å²) in [6, 6.07) is 31.5. The molecule has 0 unspecified atom stereocenters. The lowest BCUT2D eigenvalue weighted by molar-refractivity contribution is 0.00578. The molecule has 2 saturated heterocycles. The molecule has 0 aromatic heterocycles. The third-order valence-corrected chi connectivity index (χ3v) is 18.1. The van der Waals surface area contributed by atoms with E-state index < -0.39 is 11.2 Å². The minimum atomic E-state index is -0.735.